The minimum atomic E-state index is -1.26. The summed E-state index contributed by atoms with van der Waals surface area (Å²) in [5, 5.41) is 0. The minimum absolute atomic E-state index is 0.00653. The van der Waals surface area contributed by atoms with Gasteiger partial charge in [0, 0.05) is 28.3 Å². The lowest BCUT2D eigenvalue weighted by molar-refractivity contribution is 0.0639. The van der Waals surface area contributed by atoms with E-state index in [4.69, 9.17) is 9.47 Å². The van der Waals surface area contributed by atoms with Crippen molar-refractivity contribution in [1.82, 2.24) is 0 Å². The lowest BCUT2D eigenvalue weighted by Gasteiger charge is -2.21. The monoisotopic (exact) mass is 428 g/mol. The molecule has 1 aliphatic heterocycles. The Morgan fingerprint density at radius 3 is 2.22 bits per heavy atom. The number of ether oxygens (including phenoxy) is 2. The highest BCUT2D eigenvalue weighted by molar-refractivity contribution is 6.27. The molecule has 0 fully saturated rings. The third-order valence-corrected chi connectivity index (χ3v) is 5.83. The number of allylic oxidation sites excluding steroid dienone is 1. The van der Waals surface area contributed by atoms with Gasteiger partial charge in [0.1, 0.15) is 11.6 Å². The van der Waals surface area contributed by atoms with E-state index >= 15 is 4.39 Å². The number of hydrogen-bond acceptors (Lipinski definition) is 5. The summed E-state index contributed by atoms with van der Waals surface area (Å²) in [4.78, 5) is 39.9. The van der Waals surface area contributed by atoms with E-state index in [9.17, 15) is 14.4 Å². The van der Waals surface area contributed by atoms with Gasteiger partial charge in [0.15, 0.2) is 17.6 Å². The second-order valence-corrected chi connectivity index (χ2v) is 7.58. The van der Waals surface area contributed by atoms with E-state index in [1.807, 2.05) is 0 Å². The number of rotatable bonds is 4. The van der Waals surface area contributed by atoms with Crippen LogP contribution in [0.4, 0.5) is 4.39 Å². The molecule has 5 rings (SSSR count). The quantitative estimate of drug-likeness (QED) is 0.571. The van der Waals surface area contributed by atoms with Gasteiger partial charge in [-0.15, -0.1) is 0 Å². The van der Waals surface area contributed by atoms with Crippen molar-refractivity contribution in [2.24, 2.45) is 0 Å². The maximum Gasteiger partial charge on any atom is 0.228 e. The average molecular weight is 428 g/mol. The number of ketones is 3. The Morgan fingerprint density at radius 2 is 1.56 bits per heavy atom. The van der Waals surface area contributed by atoms with Gasteiger partial charge in [-0.3, -0.25) is 14.4 Å². The summed E-state index contributed by atoms with van der Waals surface area (Å²) < 4.78 is 26.1. The molecule has 3 aromatic rings. The average Bonchev–Trinajstić information content (AvgIpc) is 3.23. The molecule has 0 radical (unpaired) electrons. The molecule has 2 atom stereocenters. The second kappa shape index (κ2) is 7.57. The number of Topliss-reactive ketones (excluding diaryl/α,β-unsaturated/α-hetero) is 3. The van der Waals surface area contributed by atoms with E-state index in [1.54, 1.807) is 54.6 Å². The summed E-state index contributed by atoms with van der Waals surface area (Å²) in [6.07, 6.45) is -1.26. The molecule has 3 aromatic carbocycles. The number of halogens is 1. The van der Waals surface area contributed by atoms with Crippen LogP contribution in [-0.4, -0.2) is 30.6 Å². The van der Waals surface area contributed by atoms with Crippen LogP contribution in [0.2, 0.25) is 0 Å². The lowest BCUT2D eigenvalue weighted by atomic mass is 9.77. The summed E-state index contributed by atoms with van der Waals surface area (Å²) in [5.41, 5.74) is 0.857. The Labute approximate surface area is 183 Å². The molecule has 0 unspecified atom stereocenters. The molecule has 0 saturated carbocycles. The molecular weight excluding hydrogens is 411 g/mol. The smallest absolute Gasteiger partial charge is 0.228 e. The highest BCUT2D eigenvalue weighted by atomic mass is 19.1. The zero-order chi connectivity index (χ0) is 22.4. The van der Waals surface area contributed by atoms with Gasteiger partial charge in [-0.1, -0.05) is 60.7 Å². The minimum Gasteiger partial charge on any atom is -0.497 e. The van der Waals surface area contributed by atoms with Crippen molar-refractivity contribution >= 4 is 17.3 Å². The van der Waals surface area contributed by atoms with Crippen molar-refractivity contribution in [2.45, 2.75) is 12.0 Å². The molecule has 0 saturated heterocycles. The van der Waals surface area contributed by atoms with E-state index < -0.39 is 35.2 Å². The predicted octanol–water partition coefficient (Wildman–Crippen LogP) is 4.53. The van der Waals surface area contributed by atoms with Gasteiger partial charge in [-0.05, 0) is 6.07 Å². The molecular formula is C26H17FO5. The first-order chi connectivity index (χ1) is 15.5. The summed E-state index contributed by atoms with van der Waals surface area (Å²) in [6, 6.07) is 19.0. The molecule has 5 nitrogen and oxygen atoms in total. The van der Waals surface area contributed by atoms with Crippen molar-refractivity contribution in [2.75, 3.05) is 7.11 Å². The van der Waals surface area contributed by atoms with Crippen LogP contribution in [0.5, 0.6) is 5.75 Å². The zero-order valence-electron chi connectivity index (χ0n) is 17.0. The standard InChI is InChI=1S/C26H17FO5/c1-31-15-11-12-18(19(27)13-15)20-21-23(29)16-9-5-6-10-17(16)24(30)26(21)32-25(20)22(28)14-7-3-2-4-8-14/h2-13,20,25H,1H3/t20-,25-/m1/s1. The first kappa shape index (κ1) is 19.9. The number of methoxy groups -OCH3 is 1. The number of hydrogen-bond donors (Lipinski definition) is 0. The fourth-order valence-electron chi connectivity index (χ4n) is 4.30. The number of carbonyl (C=O) groups excluding carboxylic acids is 3. The molecule has 0 spiro atoms. The van der Waals surface area contributed by atoms with Gasteiger partial charge in [-0.25, -0.2) is 4.39 Å². The first-order valence-electron chi connectivity index (χ1n) is 10.0. The van der Waals surface area contributed by atoms with Crippen molar-refractivity contribution in [3.63, 3.8) is 0 Å². The molecule has 0 amide bonds. The molecule has 32 heavy (non-hydrogen) atoms. The highest BCUT2D eigenvalue weighted by Gasteiger charge is 2.50. The van der Waals surface area contributed by atoms with Crippen LogP contribution in [-0.2, 0) is 4.74 Å². The van der Waals surface area contributed by atoms with E-state index in [0.29, 0.717) is 11.3 Å². The van der Waals surface area contributed by atoms with E-state index in [2.05, 4.69) is 0 Å². The summed E-state index contributed by atoms with van der Waals surface area (Å²) >= 11 is 0. The fraction of sp³-hybridized carbons (Fsp3) is 0.115. The molecule has 0 bridgehead atoms. The molecule has 158 valence electrons. The maximum atomic E-state index is 15.1. The first-order valence-corrected chi connectivity index (χ1v) is 10.0. The third-order valence-electron chi connectivity index (χ3n) is 5.83. The predicted molar refractivity (Wildman–Crippen MR) is 113 cm³/mol. The Kier molecular flexibility index (Phi) is 4.70. The van der Waals surface area contributed by atoms with Crippen LogP contribution in [0.15, 0.2) is 84.1 Å². The van der Waals surface area contributed by atoms with Gasteiger partial charge < -0.3 is 9.47 Å². The summed E-state index contributed by atoms with van der Waals surface area (Å²) in [6.45, 7) is 0. The second-order valence-electron chi connectivity index (χ2n) is 7.58. The van der Waals surface area contributed by atoms with Crippen LogP contribution < -0.4 is 4.74 Å². The molecule has 0 aromatic heterocycles. The molecule has 0 N–H and O–H groups in total. The molecule has 1 aliphatic carbocycles. The van der Waals surface area contributed by atoms with Crippen LogP contribution >= 0.6 is 0 Å². The van der Waals surface area contributed by atoms with Gasteiger partial charge in [-0.2, -0.15) is 0 Å². The van der Waals surface area contributed by atoms with Crippen LogP contribution in [0.25, 0.3) is 0 Å². The molecule has 6 heteroatoms. The molecule has 2 aliphatic rings. The summed E-state index contributed by atoms with van der Waals surface area (Å²) in [7, 11) is 1.41. The van der Waals surface area contributed by atoms with E-state index in [1.165, 1.54) is 25.3 Å². The number of carbonyl (C=O) groups is 3. The van der Waals surface area contributed by atoms with Crippen molar-refractivity contribution in [1.29, 1.82) is 0 Å². The third kappa shape index (κ3) is 2.95. The number of fused-ring (bicyclic) bond motifs is 1. The maximum absolute atomic E-state index is 15.1. The Balaban J connectivity index is 1.69. The Morgan fingerprint density at radius 1 is 0.906 bits per heavy atom. The SMILES string of the molecule is COc1ccc([C@@H]2C3=C(O[C@H]2C(=O)c2ccccc2)C(=O)c2ccccc2C3=O)c(F)c1. The van der Waals surface area contributed by atoms with Gasteiger partial charge in [0.2, 0.25) is 11.6 Å². The van der Waals surface area contributed by atoms with E-state index in [-0.39, 0.29) is 28.0 Å². The van der Waals surface area contributed by atoms with E-state index in [0.717, 1.165) is 0 Å². The van der Waals surface area contributed by atoms with Crippen molar-refractivity contribution in [3.8, 4) is 5.75 Å². The zero-order valence-corrected chi connectivity index (χ0v) is 17.0. The van der Waals surface area contributed by atoms with Crippen LogP contribution in [0.1, 0.15) is 42.6 Å². The Bertz CT molecular complexity index is 1310. The van der Waals surface area contributed by atoms with Crippen molar-refractivity contribution in [3.05, 3.63) is 112 Å². The van der Waals surface area contributed by atoms with Crippen LogP contribution in [0.3, 0.4) is 0 Å². The van der Waals surface area contributed by atoms with Gasteiger partial charge >= 0.3 is 0 Å². The largest absolute Gasteiger partial charge is 0.497 e. The Hall–Kier alpha value is -4.06. The topological polar surface area (TPSA) is 69.7 Å². The normalized spacial score (nSPS) is 19.3. The number of benzene rings is 3. The van der Waals surface area contributed by atoms with Gasteiger partial charge in [0.05, 0.1) is 18.6 Å². The highest BCUT2D eigenvalue weighted by Crippen LogP contribution is 2.46. The summed E-state index contributed by atoms with van der Waals surface area (Å²) in [5.74, 6) is -3.00. The molecule has 1 heterocycles. The van der Waals surface area contributed by atoms with Crippen molar-refractivity contribution < 1.29 is 28.2 Å². The fourth-order valence-corrected chi connectivity index (χ4v) is 4.30. The lowest BCUT2D eigenvalue weighted by Crippen LogP contribution is -2.29. The van der Waals surface area contributed by atoms with Gasteiger partial charge in [0.25, 0.3) is 0 Å². The van der Waals surface area contributed by atoms with Crippen LogP contribution in [0, 0.1) is 5.82 Å².